The van der Waals surface area contributed by atoms with Crippen LogP contribution in [0.5, 0.6) is 0 Å². The van der Waals surface area contributed by atoms with Gasteiger partial charge in [-0.05, 0) is 24.6 Å². The fourth-order valence-electron chi connectivity index (χ4n) is 2.13. The fourth-order valence-corrected chi connectivity index (χ4v) is 2.13. The van der Waals surface area contributed by atoms with Crippen LogP contribution in [0.3, 0.4) is 0 Å². The van der Waals surface area contributed by atoms with Crippen LogP contribution in [0.4, 0.5) is 4.39 Å². The molecule has 1 aliphatic rings. The fraction of sp³-hybridized carbons (Fsp3) is 0.333. The largest absolute Gasteiger partial charge is 0.359 e. The number of epoxide rings is 1. The van der Waals surface area contributed by atoms with Gasteiger partial charge in [-0.3, -0.25) is 0 Å². The summed E-state index contributed by atoms with van der Waals surface area (Å²) in [5, 5.41) is 4.07. The van der Waals surface area contributed by atoms with Crippen LogP contribution in [-0.4, -0.2) is 20.9 Å². The maximum absolute atomic E-state index is 12.9. The van der Waals surface area contributed by atoms with Gasteiger partial charge in [-0.15, -0.1) is 0 Å². The van der Waals surface area contributed by atoms with Gasteiger partial charge in [0.2, 0.25) is 0 Å². The first-order chi connectivity index (χ1) is 8.21. The number of aromatic nitrogens is 3. The second-order valence-electron chi connectivity index (χ2n) is 4.25. The molecule has 0 saturated carbocycles. The van der Waals surface area contributed by atoms with Gasteiger partial charge in [0.05, 0.1) is 12.6 Å². The maximum atomic E-state index is 12.9. The minimum absolute atomic E-state index is 0.108. The van der Waals surface area contributed by atoms with Gasteiger partial charge in [-0.2, -0.15) is 5.10 Å². The van der Waals surface area contributed by atoms with Crippen molar-refractivity contribution >= 4 is 0 Å². The van der Waals surface area contributed by atoms with E-state index in [-0.39, 0.29) is 17.5 Å². The van der Waals surface area contributed by atoms with Gasteiger partial charge in [0.25, 0.3) is 0 Å². The number of hydrogen-bond acceptors (Lipinski definition) is 3. The zero-order chi connectivity index (χ0) is 11.9. The van der Waals surface area contributed by atoms with Crippen LogP contribution < -0.4 is 0 Å². The van der Waals surface area contributed by atoms with Crippen LogP contribution >= 0.6 is 0 Å². The van der Waals surface area contributed by atoms with Crippen LogP contribution in [0.15, 0.2) is 36.9 Å². The highest BCUT2D eigenvalue weighted by molar-refractivity contribution is 5.29. The molecule has 0 bridgehead atoms. The van der Waals surface area contributed by atoms with Crippen molar-refractivity contribution in [1.82, 2.24) is 14.8 Å². The third-order valence-electron chi connectivity index (χ3n) is 3.18. The van der Waals surface area contributed by atoms with Crippen molar-refractivity contribution < 1.29 is 9.13 Å². The quantitative estimate of drug-likeness (QED) is 0.758. The maximum Gasteiger partial charge on any atom is 0.139 e. The highest BCUT2D eigenvalue weighted by Crippen LogP contribution is 2.47. The minimum Gasteiger partial charge on any atom is -0.359 e. The van der Waals surface area contributed by atoms with Crippen molar-refractivity contribution in [3.8, 4) is 0 Å². The lowest BCUT2D eigenvalue weighted by molar-refractivity contribution is 0.263. The normalized spacial score (nSPS) is 27.1. The molecule has 0 unspecified atom stereocenters. The summed E-state index contributed by atoms with van der Waals surface area (Å²) in [6.45, 7) is 2.60. The number of benzene rings is 1. The monoisotopic (exact) mass is 233 g/mol. The molecule has 2 aromatic rings. The van der Waals surface area contributed by atoms with Gasteiger partial charge < -0.3 is 4.74 Å². The standard InChI is InChI=1S/C12H12FN3O/c1-9-12(17-9,6-16-8-14-7-15-16)10-2-4-11(13)5-3-10/h2-5,7-9H,6H2,1H3/t9-,12+/m1/s1. The zero-order valence-electron chi connectivity index (χ0n) is 9.38. The Morgan fingerprint density at radius 3 is 2.65 bits per heavy atom. The van der Waals surface area contributed by atoms with Crippen molar-refractivity contribution in [2.45, 2.75) is 25.2 Å². The Bertz CT molecular complexity index is 511. The molecule has 1 aliphatic heterocycles. The predicted octanol–water partition coefficient (Wildman–Crippen LogP) is 1.73. The van der Waals surface area contributed by atoms with Gasteiger partial charge >= 0.3 is 0 Å². The van der Waals surface area contributed by atoms with E-state index in [0.29, 0.717) is 6.54 Å². The topological polar surface area (TPSA) is 43.2 Å². The highest BCUT2D eigenvalue weighted by Gasteiger charge is 2.55. The molecular formula is C12H12FN3O. The molecular weight excluding hydrogens is 221 g/mol. The lowest BCUT2D eigenvalue weighted by Crippen LogP contribution is -2.20. The zero-order valence-corrected chi connectivity index (χ0v) is 9.38. The van der Waals surface area contributed by atoms with Crippen LogP contribution in [0.1, 0.15) is 12.5 Å². The van der Waals surface area contributed by atoms with Crippen LogP contribution in [0, 0.1) is 5.82 Å². The molecule has 0 spiro atoms. The van der Waals surface area contributed by atoms with E-state index in [2.05, 4.69) is 10.1 Å². The Hall–Kier alpha value is -1.75. The molecule has 4 nitrogen and oxygen atoms in total. The molecule has 2 atom stereocenters. The van der Waals surface area contributed by atoms with Crippen molar-refractivity contribution in [3.05, 3.63) is 48.3 Å². The average Bonchev–Trinajstić information content (AvgIpc) is 2.76. The van der Waals surface area contributed by atoms with E-state index in [1.54, 1.807) is 23.1 Å². The lowest BCUT2D eigenvalue weighted by atomic mass is 9.96. The van der Waals surface area contributed by atoms with Gasteiger partial charge in [0.15, 0.2) is 0 Å². The molecule has 5 heteroatoms. The Kier molecular flexibility index (Phi) is 2.22. The van der Waals surface area contributed by atoms with E-state index in [9.17, 15) is 4.39 Å². The summed E-state index contributed by atoms with van der Waals surface area (Å²) in [5.74, 6) is -0.238. The molecule has 1 saturated heterocycles. The third-order valence-corrected chi connectivity index (χ3v) is 3.18. The summed E-state index contributed by atoms with van der Waals surface area (Å²) in [4.78, 5) is 3.90. The van der Waals surface area contributed by atoms with Crippen molar-refractivity contribution in [1.29, 1.82) is 0 Å². The molecule has 0 N–H and O–H groups in total. The molecule has 0 amide bonds. The van der Waals surface area contributed by atoms with Crippen LogP contribution in [0.2, 0.25) is 0 Å². The van der Waals surface area contributed by atoms with Crippen LogP contribution in [0.25, 0.3) is 0 Å². The SMILES string of the molecule is C[C@H]1O[C@]1(Cn1cncn1)c1ccc(F)cc1. The number of ether oxygens (including phenoxy) is 1. The minimum atomic E-state index is -0.387. The first kappa shape index (κ1) is 10.4. The smallest absolute Gasteiger partial charge is 0.139 e. The summed E-state index contributed by atoms with van der Waals surface area (Å²) >= 11 is 0. The molecule has 0 aliphatic carbocycles. The Balaban J connectivity index is 1.90. The molecule has 1 fully saturated rings. The summed E-state index contributed by atoms with van der Waals surface area (Å²) < 4.78 is 20.3. The number of nitrogens with zero attached hydrogens (tertiary/aromatic N) is 3. The number of hydrogen-bond donors (Lipinski definition) is 0. The van der Waals surface area contributed by atoms with E-state index in [4.69, 9.17) is 4.74 Å². The summed E-state index contributed by atoms with van der Waals surface area (Å²) in [6.07, 6.45) is 3.25. The van der Waals surface area contributed by atoms with Gasteiger partial charge in [0.1, 0.15) is 24.1 Å². The van der Waals surface area contributed by atoms with Crippen molar-refractivity contribution in [3.63, 3.8) is 0 Å². The Labute approximate surface area is 98.0 Å². The van der Waals surface area contributed by atoms with Gasteiger partial charge in [0, 0.05) is 0 Å². The molecule has 3 rings (SSSR count). The van der Waals surface area contributed by atoms with E-state index >= 15 is 0 Å². The average molecular weight is 233 g/mol. The highest BCUT2D eigenvalue weighted by atomic mass is 19.1. The third kappa shape index (κ3) is 1.72. The molecule has 2 heterocycles. The summed E-state index contributed by atoms with van der Waals surface area (Å²) in [7, 11) is 0. The summed E-state index contributed by atoms with van der Waals surface area (Å²) in [5.41, 5.74) is 0.586. The van der Waals surface area contributed by atoms with E-state index < -0.39 is 0 Å². The number of rotatable bonds is 3. The molecule has 17 heavy (non-hydrogen) atoms. The van der Waals surface area contributed by atoms with E-state index in [1.165, 1.54) is 18.5 Å². The second kappa shape index (κ2) is 3.63. The number of halogens is 1. The van der Waals surface area contributed by atoms with Gasteiger partial charge in [-0.25, -0.2) is 14.1 Å². The van der Waals surface area contributed by atoms with E-state index in [0.717, 1.165) is 5.56 Å². The molecule has 1 aromatic heterocycles. The first-order valence-electron chi connectivity index (χ1n) is 5.47. The Morgan fingerprint density at radius 2 is 2.12 bits per heavy atom. The molecule has 88 valence electrons. The Morgan fingerprint density at radius 1 is 1.41 bits per heavy atom. The lowest BCUT2D eigenvalue weighted by Gasteiger charge is -2.12. The molecule has 0 radical (unpaired) electrons. The summed E-state index contributed by atoms with van der Waals surface area (Å²) in [6, 6.07) is 6.42. The molecule has 1 aromatic carbocycles. The van der Waals surface area contributed by atoms with Crippen LogP contribution in [-0.2, 0) is 16.9 Å². The van der Waals surface area contributed by atoms with E-state index in [1.807, 2.05) is 6.92 Å². The second-order valence-corrected chi connectivity index (χ2v) is 4.25. The van der Waals surface area contributed by atoms with Crippen molar-refractivity contribution in [2.75, 3.05) is 0 Å². The predicted molar refractivity (Wildman–Crippen MR) is 58.6 cm³/mol. The first-order valence-corrected chi connectivity index (χ1v) is 5.47. The van der Waals surface area contributed by atoms with Gasteiger partial charge in [-0.1, -0.05) is 12.1 Å². The van der Waals surface area contributed by atoms with Crippen molar-refractivity contribution in [2.24, 2.45) is 0 Å².